The summed E-state index contributed by atoms with van der Waals surface area (Å²) in [5.74, 6) is 2.29. The fraction of sp³-hybridized carbons (Fsp3) is 0.0169. The van der Waals surface area contributed by atoms with Crippen molar-refractivity contribution < 1.29 is 4.74 Å². The predicted octanol–water partition coefficient (Wildman–Crippen LogP) is 15.0. The molecule has 1 atom stereocenters. The molecule has 8 aromatic carbocycles. The fourth-order valence-corrected chi connectivity index (χ4v) is 11.8. The molecule has 0 saturated heterocycles. The third-order valence-electron chi connectivity index (χ3n) is 13.4. The molecule has 308 valence electrons. The summed E-state index contributed by atoms with van der Waals surface area (Å²) in [5.41, 5.74) is 14.3. The molecule has 0 bridgehead atoms. The molecule has 0 N–H and O–H groups in total. The number of benzene rings is 8. The van der Waals surface area contributed by atoms with E-state index in [1.807, 2.05) is 36.7 Å². The van der Waals surface area contributed by atoms with Crippen LogP contribution in [0.2, 0.25) is 0 Å². The molecule has 0 radical (unpaired) electrons. The number of pyridine rings is 2. The Morgan fingerprint density at radius 1 is 0.485 bits per heavy atom. The highest BCUT2D eigenvalue weighted by atomic mass is 32.2. The van der Waals surface area contributed by atoms with Gasteiger partial charge in [-0.2, -0.15) is 0 Å². The highest BCUT2D eigenvalue weighted by Crippen LogP contribution is 2.66. The molecule has 1 unspecified atom stereocenters. The molecule has 6 nitrogen and oxygen atoms in total. The van der Waals surface area contributed by atoms with E-state index in [9.17, 15) is 0 Å². The van der Waals surface area contributed by atoms with E-state index >= 15 is 0 Å². The fourth-order valence-electron chi connectivity index (χ4n) is 10.6. The number of para-hydroxylation sites is 3. The van der Waals surface area contributed by atoms with Gasteiger partial charge in [-0.3, -0.25) is 9.97 Å². The quantitative estimate of drug-likeness (QED) is 0.175. The topological polar surface area (TPSA) is 64.0 Å². The van der Waals surface area contributed by atoms with Crippen molar-refractivity contribution in [2.24, 2.45) is 0 Å². The van der Waals surface area contributed by atoms with Crippen LogP contribution in [0.5, 0.6) is 11.5 Å². The number of nitrogens with zero attached hydrogens (tertiary/aromatic N) is 5. The minimum absolute atomic E-state index is 0.660. The van der Waals surface area contributed by atoms with E-state index in [0.717, 1.165) is 105 Å². The monoisotopic (exact) mass is 861 g/mol. The van der Waals surface area contributed by atoms with Crippen molar-refractivity contribution in [3.63, 3.8) is 0 Å². The number of hydrogen-bond acceptors (Lipinski definition) is 7. The van der Waals surface area contributed by atoms with Crippen LogP contribution in [0.3, 0.4) is 0 Å². The van der Waals surface area contributed by atoms with Crippen molar-refractivity contribution in [1.29, 1.82) is 0 Å². The maximum Gasteiger partial charge on any atom is 0.165 e. The van der Waals surface area contributed by atoms with Gasteiger partial charge < -0.3 is 9.64 Å². The molecule has 3 aromatic heterocycles. The molecule has 2 aliphatic heterocycles. The first-order valence-corrected chi connectivity index (χ1v) is 22.9. The number of hydrogen-bond donors (Lipinski definition) is 0. The third-order valence-corrected chi connectivity index (χ3v) is 14.6. The lowest BCUT2D eigenvalue weighted by Gasteiger charge is -2.42. The Morgan fingerprint density at radius 3 is 2.18 bits per heavy atom. The summed E-state index contributed by atoms with van der Waals surface area (Å²) >= 11 is 1.77. The zero-order valence-corrected chi connectivity index (χ0v) is 36.1. The maximum absolute atomic E-state index is 7.13. The second kappa shape index (κ2) is 14.3. The summed E-state index contributed by atoms with van der Waals surface area (Å²) in [5, 5.41) is 3.40. The molecule has 0 saturated carbocycles. The Kier molecular flexibility index (Phi) is 8.03. The first-order chi connectivity index (χ1) is 32.7. The molecule has 0 amide bonds. The van der Waals surface area contributed by atoms with Gasteiger partial charge in [-0.25, -0.2) is 9.97 Å². The van der Waals surface area contributed by atoms with Gasteiger partial charge in [0, 0.05) is 50.6 Å². The van der Waals surface area contributed by atoms with Gasteiger partial charge in [-0.1, -0.05) is 157 Å². The van der Waals surface area contributed by atoms with Gasteiger partial charge in [0.15, 0.2) is 17.3 Å². The average molecular weight is 862 g/mol. The van der Waals surface area contributed by atoms with Gasteiger partial charge in [0.1, 0.15) is 0 Å². The van der Waals surface area contributed by atoms with Crippen LogP contribution in [-0.2, 0) is 5.41 Å². The van der Waals surface area contributed by atoms with Gasteiger partial charge in [-0.15, -0.1) is 0 Å². The second-order valence-corrected chi connectivity index (χ2v) is 18.0. The highest BCUT2D eigenvalue weighted by molar-refractivity contribution is 7.99. The van der Waals surface area contributed by atoms with Crippen LogP contribution >= 0.6 is 11.8 Å². The molecular formula is C59H35N5OS. The number of aromatic nitrogens is 4. The molecule has 1 aliphatic carbocycles. The summed E-state index contributed by atoms with van der Waals surface area (Å²) in [6, 6.07) is 70.6. The van der Waals surface area contributed by atoms with Crippen LogP contribution in [0.25, 0.3) is 66.8 Å². The van der Waals surface area contributed by atoms with Crippen LogP contribution < -0.4 is 9.64 Å². The minimum Gasteiger partial charge on any atom is -0.452 e. The van der Waals surface area contributed by atoms with Gasteiger partial charge in [0.05, 0.1) is 44.3 Å². The summed E-state index contributed by atoms with van der Waals surface area (Å²) < 4.78 is 7.13. The van der Waals surface area contributed by atoms with Gasteiger partial charge in [0.2, 0.25) is 0 Å². The summed E-state index contributed by atoms with van der Waals surface area (Å²) in [6.07, 6.45) is 3.87. The molecule has 14 rings (SSSR count). The molecule has 7 heteroatoms. The predicted molar refractivity (Wildman–Crippen MR) is 265 cm³/mol. The SMILES string of the molecule is c1ccc(-c2nc(-c3ccccc3-c3cnc4c(c3)C3(c5ccccc5Sc5c3ccc3c5Oc5ccccc5N3c3ccc5ccccc5c3)c3cccnc3-4)nc3ccccc23)cc1. The molecule has 1 spiro atoms. The normalized spacial score (nSPS) is 15.1. The van der Waals surface area contributed by atoms with Crippen LogP contribution in [0.1, 0.15) is 22.3 Å². The Bertz CT molecular complexity index is 3820. The molecule has 5 heterocycles. The smallest absolute Gasteiger partial charge is 0.165 e. The van der Waals surface area contributed by atoms with Crippen molar-refractivity contribution in [2.75, 3.05) is 4.90 Å². The van der Waals surface area contributed by atoms with Crippen LogP contribution in [0.4, 0.5) is 17.1 Å². The number of rotatable bonds is 4. The molecule has 11 aromatic rings. The van der Waals surface area contributed by atoms with E-state index in [1.165, 1.54) is 16.3 Å². The lowest BCUT2D eigenvalue weighted by atomic mass is 9.67. The van der Waals surface area contributed by atoms with Crippen molar-refractivity contribution >= 4 is 50.5 Å². The van der Waals surface area contributed by atoms with Crippen LogP contribution in [0, 0.1) is 0 Å². The Labute approximate surface area is 384 Å². The summed E-state index contributed by atoms with van der Waals surface area (Å²) in [7, 11) is 0. The highest BCUT2D eigenvalue weighted by Gasteiger charge is 2.53. The third kappa shape index (κ3) is 5.32. The first-order valence-electron chi connectivity index (χ1n) is 22.1. The lowest BCUT2D eigenvalue weighted by molar-refractivity contribution is 0.461. The van der Waals surface area contributed by atoms with E-state index in [4.69, 9.17) is 24.7 Å². The molecule has 3 aliphatic rings. The van der Waals surface area contributed by atoms with E-state index < -0.39 is 5.41 Å². The van der Waals surface area contributed by atoms with Crippen molar-refractivity contribution in [3.05, 3.63) is 235 Å². The molecule has 66 heavy (non-hydrogen) atoms. The first kappa shape index (κ1) is 37.0. The largest absolute Gasteiger partial charge is 0.452 e. The Balaban J connectivity index is 0.999. The van der Waals surface area contributed by atoms with E-state index in [1.54, 1.807) is 11.8 Å². The van der Waals surface area contributed by atoms with Crippen LogP contribution in [0.15, 0.2) is 222 Å². The lowest BCUT2D eigenvalue weighted by Crippen LogP contribution is -2.32. The number of fused-ring (bicyclic) bond motifs is 14. The Morgan fingerprint density at radius 2 is 1.24 bits per heavy atom. The second-order valence-electron chi connectivity index (χ2n) is 16.9. The molecule has 0 fully saturated rings. The van der Waals surface area contributed by atoms with Gasteiger partial charge >= 0.3 is 0 Å². The maximum atomic E-state index is 7.13. The van der Waals surface area contributed by atoms with E-state index in [-0.39, 0.29) is 0 Å². The standard InChI is InChI=1S/C59H35N5OS/c1-2-16-37(17-3-1)53-43-21-8-10-24-48(43)62-58(63-53)42-20-7-6-19-41(42)39-34-47-55(61-35-39)54-45(23-14-32-60-54)59(47)44-22-9-13-27-52(44)66-57-46(59)30-31-50-56(57)65-51-26-12-11-25-49(51)64(50)40-29-28-36-15-4-5-18-38(36)33-40/h1-35H. The average Bonchev–Trinajstić information content (AvgIpc) is 3.67. The molecular weight excluding hydrogens is 827 g/mol. The summed E-state index contributed by atoms with van der Waals surface area (Å²) in [6.45, 7) is 0. The van der Waals surface area contributed by atoms with Crippen molar-refractivity contribution in [1.82, 2.24) is 19.9 Å². The van der Waals surface area contributed by atoms with Gasteiger partial charge in [-0.05, 0) is 87.6 Å². The van der Waals surface area contributed by atoms with Gasteiger partial charge in [0.25, 0.3) is 0 Å². The summed E-state index contributed by atoms with van der Waals surface area (Å²) in [4.78, 5) is 25.6. The van der Waals surface area contributed by atoms with Crippen molar-refractivity contribution in [3.8, 4) is 56.7 Å². The minimum atomic E-state index is -0.767. The van der Waals surface area contributed by atoms with E-state index in [0.29, 0.717) is 5.82 Å². The Hall–Kier alpha value is -8.39. The van der Waals surface area contributed by atoms with Crippen molar-refractivity contribution in [2.45, 2.75) is 15.2 Å². The number of ether oxygens (including phenoxy) is 1. The van der Waals surface area contributed by atoms with Crippen LogP contribution in [-0.4, -0.2) is 19.9 Å². The zero-order valence-electron chi connectivity index (χ0n) is 35.3. The number of anilines is 3. The van der Waals surface area contributed by atoms with E-state index in [2.05, 4.69) is 181 Å². The zero-order chi connectivity index (χ0) is 43.3.